The van der Waals surface area contributed by atoms with E-state index in [1.165, 1.54) is 0 Å². The Morgan fingerprint density at radius 3 is 2.17 bits per heavy atom. The van der Waals surface area contributed by atoms with E-state index in [2.05, 4.69) is 6.58 Å². The van der Waals surface area contributed by atoms with Crippen LogP contribution < -0.4 is 0 Å². The Bertz CT molecular complexity index is 69.6. The maximum Gasteiger partial charge on any atom is 0.264 e. The molecule has 0 amide bonds. The second kappa shape index (κ2) is 2.61. The lowest BCUT2D eigenvalue weighted by Crippen LogP contribution is -1.75. The third kappa shape index (κ3) is 3.38. The summed E-state index contributed by atoms with van der Waals surface area (Å²) < 4.78 is 21.8. The summed E-state index contributed by atoms with van der Waals surface area (Å²) in [4.78, 5) is 0. The van der Waals surface area contributed by atoms with Gasteiger partial charge in [-0.25, -0.2) is 8.78 Å². The Balaban J connectivity index is 3.29. The normalized spacial score (nSPS) is 7.83. The van der Waals surface area contributed by atoms with Crippen molar-refractivity contribution < 1.29 is 8.78 Å². The van der Waals surface area contributed by atoms with E-state index in [1.807, 2.05) is 5.73 Å². The second-order valence-corrected chi connectivity index (χ2v) is 0.705. The molecule has 0 rings (SSSR count). The molecule has 0 aromatic carbocycles. The predicted octanol–water partition coefficient (Wildman–Crippen LogP) is 1.59. The minimum atomic E-state index is -2.40. The van der Waals surface area contributed by atoms with Crippen molar-refractivity contribution in [3.8, 4) is 0 Å². The molecule has 0 aliphatic heterocycles. The maximum absolute atomic E-state index is 10.9. The van der Waals surface area contributed by atoms with Crippen LogP contribution in [0.2, 0.25) is 0 Å². The molecule has 0 spiro atoms. The Labute approximate surface area is 34.8 Å². The number of allylic oxidation sites excluding steroid dienone is 1. The van der Waals surface area contributed by atoms with E-state index in [-0.39, 0.29) is 0 Å². The molecule has 0 saturated heterocycles. The van der Waals surface area contributed by atoms with Crippen molar-refractivity contribution in [1.29, 1.82) is 0 Å². The van der Waals surface area contributed by atoms with Crippen LogP contribution in [-0.4, -0.2) is 6.43 Å². The largest absolute Gasteiger partial charge is 0.264 e. The lowest BCUT2D eigenvalue weighted by molar-refractivity contribution is 0.204. The van der Waals surface area contributed by atoms with Crippen LogP contribution in [0.5, 0.6) is 0 Å². The van der Waals surface area contributed by atoms with Crippen molar-refractivity contribution >= 4 is 0 Å². The first-order chi connectivity index (χ1) is 2.77. The Morgan fingerprint density at radius 1 is 1.67 bits per heavy atom. The van der Waals surface area contributed by atoms with Crippen molar-refractivity contribution in [3.63, 3.8) is 0 Å². The average Bonchev–Trinajstić information content (AvgIpc) is 1.35. The maximum atomic E-state index is 10.9. The molecule has 0 aromatic rings. The average molecular weight is 90.1 g/mol. The number of rotatable bonds is 1. The minimum absolute atomic E-state index is 0.597. The zero-order valence-corrected chi connectivity index (χ0v) is 3.12. The summed E-state index contributed by atoms with van der Waals surface area (Å²) in [5.74, 6) is 0. The monoisotopic (exact) mass is 90.0 g/mol. The van der Waals surface area contributed by atoms with Crippen LogP contribution >= 0.6 is 0 Å². The van der Waals surface area contributed by atoms with E-state index in [1.54, 1.807) is 0 Å². The molecule has 0 fully saturated rings. The lowest BCUT2D eigenvalue weighted by Gasteiger charge is -1.75. The van der Waals surface area contributed by atoms with Gasteiger partial charge in [0.15, 0.2) is 0 Å². The molecule has 0 aliphatic carbocycles. The molecular weight excluding hydrogens is 86.0 g/mol. The van der Waals surface area contributed by atoms with Gasteiger partial charge in [0.1, 0.15) is 0 Å². The van der Waals surface area contributed by atoms with E-state index in [0.29, 0.717) is 6.08 Å². The smallest absolute Gasteiger partial charge is 0.205 e. The van der Waals surface area contributed by atoms with E-state index >= 15 is 0 Å². The fourth-order valence-corrected chi connectivity index (χ4v) is 0.0891. The fraction of sp³-hybridized carbons (Fsp3) is 0.250. The summed E-state index contributed by atoms with van der Waals surface area (Å²) >= 11 is 0. The number of halogens is 2. The molecule has 34 valence electrons. The highest BCUT2D eigenvalue weighted by Crippen LogP contribution is 1.89. The SMILES string of the molecule is C=C=CC(F)F. The molecule has 0 bridgehead atoms. The summed E-state index contributed by atoms with van der Waals surface area (Å²) in [7, 11) is 0. The van der Waals surface area contributed by atoms with E-state index < -0.39 is 6.43 Å². The van der Waals surface area contributed by atoms with Gasteiger partial charge in [-0.2, -0.15) is 0 Å². The zero-order chi connectivity index (χ0) is 4.99. The van der Waals surface area contributed by atoms with Gasteiger partial charge >= 0.3 is 0 Å². The van der Waals surface area contributed by atoms with E-state index in [9.17, 15) is 8.78 Å². The summed E-state index contributed by atoms with van der Waals surface area (Å²) in [6.45, 7) is 2.94. The van der Waals surface area contributed by atoms with Gasteiger partial charge in [0.2, 0.25) is 0 Å². The minimum Gasteiger partial charge on any atom is -0.205 e. The van der Waals surface area contributed by atoms with Gasteiger partial charge < -0.3 is 0 Å². The molecule has 0 unspecified atom stereocenters. The van der Waals surface area contributed by atoms with Crippen molar-refractivity contribution in [2.24, 2.45) is 0 Å². The molecule has 0 saturated carbocycles. The Kier molecular flexibility index (Phi) is 2.34. The van der Waals surface area contributed by atoms with E-state index in [4.69, 9.17) is 0 Å². The number of hydrogen-bond acceptors (Lipinski definition) is 0. The molecule has 0 radical (unpaired) electrons. The second-order valence-electron chi connectivity index (χ2n) is 0.705. The quantitative estimate of drug-likeness (QED) is 0.429. The first kappa shape index (κ1) is 5.38. The summed E-state index contributed by atoms with van der Waals surface area (Å²) in [5, 5.41) is 0. The zero-order valence-electron chi connectivity index (χ0n) is 3.12. The van der Waals surface area contributed by atoms with Gasteiger partial charge in [-0.15, -0.1) is 5.73 Å². The van der Waals surface area contributed by atoms with Crippen molar-refractivity contribution in [2.75, 3.05) is 0 Å². The highest BCUT2D eigenvalue weighted by Gasteiger charge is 1.87. The fourth-order valence-electron chi connectivity index (χ4n) is 0.0891. The Hall–Kier alpha value is -0.620. The van der Waals surface area contributed by atoms with Gasteiger partial charge in [-0.3, -0.25) is 0 Å². The molecular formula is C4H4F2. The molecule has 0 nitrogen and oxygen atoms in total. The van der Waals surface area contributed by atoms with Crippen molar-refractivity contribution in [3.05, 3.63) is 18.4 Å². The summed E-state index contributed by atoms with van der Waals surface area (Å²) in [6, 6.07) is 0. The van der Waals surface area contributed by atoms with Crippen LogP contribution in [0.3, 0.4) is 0 Å². The number of alkyl halides is 2. The van der Waals surface area contributed by atoms with Crippen LogP contribution in [0.25, 0.3) is 0 Å². The standard InChI is InChI=1S/C4H4F2/c1-2-3-4(5)6/h3-4H,1H2. The molecule has 0 atom stereocenters. The third-order valence-corrected chi connectivity index (χ3v) is 0.244. The highest BCUT2D eigenvalue weighted by atomic mass is 19.3. The first-order valence-corrected chi connectivity index (χ1v) is 1.41. The van der Waals surface area contributed by atoms with Gasteiger partial charge in [-0.05, 0) is 0 Å². The number of hydrogen-bond donors (Lipinski definition) is 0. The predicted molar refractivity (Wildman–Crippen MR) is 19.7 cm³/mol. The molecule has 2 heteroatoms. The van der Waals surface area contributed by atoms with Crippen molar-refractivity contribution in [1.82, 2.24) is 0 Å². The van der Waals surface area contributed by atoms with E-state index in [0.717, 1.165) is 0 Å². The molecule has 0 aromatic heterocycles. The van der Waals surface area contributed by atoms with Crippen LogP contribution in [-0.2, 0) is 0 Å². The van der Waals surface area contributed by atoms with Crippen molar-refractivity contribution in [2.45, 2.75) is 6.43 Å². The molecule has 6 heavy (non-hydrogen) atoms. The molecule has 0 aliphatic rings. The van der Waals surface area contributed by atoms with Crippen LogP contribution in [0.4, 0.5) is 8.78 Å². The highest BCUT2D eigenvalue weighted by molar-refractivity contribution is 4.77. The molecule has 0 heterocycles. The topological polar surface area (TPSA) is 0 Å². The Morgan fingerprint density at radius 2 is 2.17 bits per heavy atom. The van der Waals surface area contributed by atoms with Crippen LogP contribution in [0.15, 0.2) is 18.4 Å². The van der Waals surface area contributed by atoms with Gasteiger partial charge in [0.05, 0.1) is 0 Å². The summed E-state index contributed by atoms with van der Waals surface area (Å²) in [5.41, 5.74) is 1.94. The lowest BCUT2D eigenvalue weighted by atomic mass is 10.6. The van der Waals surface area contributed by atoms with Crippen LogP contribution in [0, 0.1) is 0 Å². The van der Waals surface area contributed by atoms with Gasteiger partial charge in [0.25, 0.3) is 6.43 Å². The third-order valence-electron chi connectivity index (χ3n) is 0.244. The summed E-state index contributed by atoms with van der Waals surface area (Å²) in [6.07, 6.45) is -1.80. The first-order valence-electron chi connectivity index (χ1n) is 1.41. The van der Waals surface area contributed by atoms with Gasteiger partial charge in [0, 0.05) is 6.08 Å². The van der Waals surface area contributed by atoms with Crippen LogP contribution in [0.1, 0.15) is 0 Å². The molecule has 0 N–H and O–H groups in total. The van der Waals surface area contributed by atoms with Gasteiger partial charge in [-0.1, -0.05) is 6.58 Å².